The largest absolute Gasteiger partial charge is 0.493 e. The average Bonchev–Trinajstić information content (AvgIpc) is 2.91. The summed E-state index contributed by atoms with van der Waals surface area (Å²) in [6.45, 7) is 3.84. The zero-order chi connectivity index (χ0) is 27.8. The zero-order valence-corrected chi connectivity index (χ0v) is 24.9. The van der Waals surface area contributed by atoms with E-state index in [0.29, 0.717) is 30.0 Å². The first-order valence-electron chi connectivity index (χ1n) is 13.3. The van der Waals surface area contributed by atoms with Crippen LogP contribution in [0.5, 0.6) is 11.5 Å². The summed E-state index contributed by atoms with van der Waals surface area (Å²) in [6.07, 6.45) is 4.27. The van der Waals surface area contributed by atoms with E-state index >= 15 is 0 Å². The van der Waals surface area contributed by atoms with Crippen LogP contribution in [0.4, 0.5) is 5.69 Å². The smallest absolute Gasteiger partial charge is 0.262 e. The lowest BCUT2D eigenvalue weighted by Crippen LogP contribution is -2.37. The van der Waals surface area contributed by atoms with Crippen molar-refractivity contribution in [3.05, 3.63) is 73.1 Å². The van der Waals surface area contributed by atoms with Crippen LogP contribution in [0.25, 0.3) is 0 Å². The molecule has 0 radical (unpaired) electrons. The fourth-order valence-corrected chi connectivity index (χ4v) is 6.67. The number of carbonyl (C=O) groups excluding carboxylic acids is 3. The molecule has 0 unspecified atom stereocenters. The lowest BCUT2D eigenvalue weighted by Gasteiger charge is -2.42. The summed E-state index contributed by atoms with van der Waals surface area (Å²) < 4.78 is 12.4. The molecule has 204 valence electrons. The van der Waals surface area contributed by atoms with Crippen molar-refractivity contribution in [1.82, 2.24) is 4.90 Å². The lowest BCUT2D eigenvalue weighted by molar-refractivity contribution is -0.118. The highest BCUT2D eigenvalue weighted by molar-refractivity contribution is 14.1. The molecule has 0 saturated heterocycles. The van der Waals surface area contributed by atoms with Crippen molar-refractivity contribution in [3.8, 4) is 11.5 Å². The van der Waals surface area contributed by atoms with Gasteiger partial charge in [0.1, 0.15) is 0 Å². The Bertz CT molecular complexity index is 1400. The number of rotatable bonds is 6. The van der Waals surface area contributed by atoms with Crippen LogP contribution in [0.1, 0.15) is 61.1 Å². The third kappa shape index (κ3) is 5.23. The maximum atomic E-state index is 13.3. The van der Waals surface area contributed by atoms with Gasteiger partial charge in [0.15, 0.2) is 29.7 Å². The number of hydrogen-bond donors (Lipinski definition) is 1. The monoisotopic (exact) mass is 640 g/mol. The minimum Gasteiger partial charge on any atom is -0.493 e. The van der Waals surface area contributed by atoms with Crippen molar-refractivity contribution < 1.29 is 23.9 Å². The van der Waals surface area contributed by atoms with Crippen molar-refractivity contribution in [2.24, 2.45) is 0 Å². The third-order valence-corrected chi connectivity index (χ3v) is 8.77. The van der Waals surface area contributed by atoms with Gasteiger partial charge in [-0.25, -0.2) is 0 Å². The van der Waals surface area contributed by atoms with Crippen LogP contribution in [0, 0.1) is 17.4 Å². The lowest BCUT2D eigenvalue weighted by atomic mass is 9.71. The second kappa shape index (κ2) is 11.2. The van der Waals surface area contributed by atoms with Gasteiger partial charge < -0.3 is 19.7 Å². The number of anilines is 1. The van der Waals surface area contributed by atoms with Gasteiger partial charge in [0, 0.05) is 54.0 Å². The van der Waals surface area contributed by atoms with Crippen LogP contribution in [0.2, 0.25) is 0 Å². The third-order valence-electron chi connectivity index (χ3n) is 7.97. The van der Waals surface area contributed by atoms with Gasteiger partial charge in [0.05, 0.1) is 10.7 Å². The van der Waals surface area contributed by atoms with Gasteiger partial charge in [-0.1, -0.05) is 6.07 Å². The number of allylic oxidation sites excluding steroid dienone is 4. The number of carbonyl (C=O) groups is 3. The number of aryl methyl sites for hydroxylation is 2. The average molecular weight is 641 g/mol. The fraction of sp³-hybridized carbons (Fsp3) is 0.387. The van der Waals surface area contributed by atoms with E-state index in [2.05, 4.69) is 32.8 Å². The number of ketones is 2. The molecule has 1 amide bonds. The zero-order valence-electron chi connectivity index (χ0n) is 22.8. The Labute approximate surface area is 242 Å². The number of benzene rings is 2. The van der Waals surface area contributed by atoms with Crippen LogP contribution in [-0.2, 0) is 14.4 Å². The molecule has 1 heterocycles. The van der Waals surface area contributed by atoms with Gasteiger partial charge >= 0.3 is 0 Å². The van der Waals surface area contributed by atoms with Gasteiger partial charge in [-0.3, -0.25) is 14.4 Å². The van der Waals surface area contributed by atoms with Gasteiger partial charge in [-0.05, 0) is 103 Å². The van der Waals surface area contributed by atoms with Gasteiger partial charge in [0.2, 0.25) is 0 Å². The van der Waals surface area contributed by atoms with Crippen LogP contribution in [0.15, 0.2) is 52.9 Å². The van der Waals surface area contributed by atoms with Crippen molar-refractivity contribution in [2.45, 2.75) is 58.3 Å². The normalized spacial score (nSPS) is 17.7. The molecule has 0 bridgehead atoms. The molecular formula is C31H33IN2O5. The van der Waals surface area contributed by atoms with Gasteiger partial charge in [-0.15, -0.1) is 0 Å². The van der Waals surface area contributed by atoms with Gasteiger partial charge in [0.25, 0.3) is 5.91 Å². The van der Waals surface area contributed by atoms with Crippen LogP contribution < -0.4 is 14.8 Å². The number of methoxy groups -OCH3 is 1. The molecule has 39 heavy (non-hydrogen) atoms. The summed E-state index contributed by atoms with van der Waals surface area (Å²) >= 11 is 2.17. The number of nitrogens with one attached hydrogen (secondary N) is 1. The number of nitrogens with zero attached hydrogens (tertiary/aromatic N) is 1. The molecule has 0 saturated carbocycles. The van der Waals surface area contributed by atoms with Crippen LogP contribution >= 0.6 is 22.6 Å². The van der Waals surface area contributed by atoms with E-state index in [1.54, 1.807) is 7.11 Å². The van der Waals surface area contributed by atoms with E-state index in [1.165, 1.54) is 0 Å². The van der Waals surface area contributed by atoms with Crippen LogP contribution in [0.3, 0.4) is 0 Å². The Balaban J connectivity index is 1.46. The molecule has 0 aromatic heterocycles. The highest BCUT2D eigenvalue weighted by atomic mass is 127. The van der Waals surface area contributed by atoms with Crippen molar-refractivity contribution in [2.75, 3.05) is 26.1 Å². The molecule has 2 aromatic carbocycles. The quantitative estimate of drug-likeness (QED) is 0.392. The molecule has 3 aliphatic rings. The second-order valence-electron chi connectivity index (χ2n) is 10.4. The maximum Gasteiger partial charge on any atom is 0.262 e. The Morgan fingerprint density at radius 3 is 2.21 bits per heavy atom. The first-order valence-corrected chi connectivity index (χ1v) is 14.4. The second-order valence-corrected chi connectivity index (χ2v) is 11.6. The maximum absolute atomic E-state index is 13.3. The fourth-order valence-electron chi connectivity index (χ4n) is 5.89. The molecule has 8 heteroatoms. The first-order chi connectivity index (χ1) is 18.7. The molecule has 7 nitrogen and oxygen atoms in total. The summed E-state index contributed by atoms with van der Waals surface area (Å²) in [4.78, 5) is 41.3. The molecule has 2 aromatic rings. The Hall–Kier alpha value is -3.14. The number of amides is 1. The van der Waals surface area contributed by atoms with E-state index < -0.39 is 5.92 Å². The standard InChI is InChI=1S/C31H33IN2O5/c1-17-11-12-20(13-18(17)2)33-27(37)16-39-31-21(32)14-19(15-26(31)38-4)28-29-22(7-5-9-24(29)35)34(3)23-8-6-10-25(36)30(23)28/h11-15,28H,5-10,16H2,1-4H3,(H,33,37). The Kier molecular flexibility index (Phi) is 7.84. The molecule has 5 rings (SSSR count). The van der Waals surface area contributed by atoms with Crippen molar-refractivity contribution in [1.29, 1.82) is 0 Å². The molecule has 2 aliphatic carbocycles. The summed E-state index contributed by atoms with van der Waals surface area (Å²) in [5.74, 6) is 0.437. The highest BCUT2D eigenvalue weighted by Gasteiger charge is 2.42. The molecular weight excluding hydrogens is 607 g/mol. The Morgan fingerprint density at radius 2 is 1.62 bits per heavy atom. The molecule has 0 fully saturated rings. The molecule has 0 spiro atoms. The van der Waals surface area contributed by atoms with E-state index in [9.17, 15) is 14.4 Å². The Morgan fingerprint density at radius 1 is 0.974 bits per heavy atom. The van der Waals surface area contributed by atoms with Crippen molar-refractivity contribution >= 4 is 45.8 Å². The summed E-state index contributed by atoms with van der Waals surface area (Å²) in [5.41, 5.74) is 7.33. The summed E-state index contributed by atoms with van der Waals surface area (Å²) in [6, 6.07) is 9.57. The van der Waals surface area contributed by atoms with E-state index in [4.69, 9.17) is 9.47 Å². The number of ether oxygens (including phenoxy) is 2. The van der Waals surface area contributed by atoms with Crippen molar-refractivity contribution in [3.63, 3.8) is 0 Å². The molecule has 0 atom stereocenters. The minimum absolute atomic E-state index is 0.107. The van der Waals surface area contributed by atoms with E-state index in [0.717, 1.165) is 68.5 Å². The summed E-state index contributed by atoms with van der Waals surface area (Å²) in [7, 11) is 3.54. The predicted molar refractivity (Wildman–Crippen MR) is 158 cm³/mol. The van der Waals surface area contributed by atoms with E-state index in [-0.39, 0.29) is 24.1 Å². The summed E-state index contributed by atoms with van der Waals surface area (Å²) in [5, 5.41) is 2.88. The first kappa shape index (κ1) is 27.4. The predicted octanol–water partition coefficient (Wildman–Crippen LogP) is 5.98. The number of Topliss-reactive ketones (excluding diaryl/α,β-unsaturated/α-hetero) is 2. The van der Waals surface area contributed by atoms with Crippen LogP contribution in [-0.4, -0.2) is 43.1 Å². The highest BCUT2D eigenvalue weighted by Crippen LogP contribution is 2.50. The SMILES string of the molecule is COc1cc(C2C3=C(CCCC3=O)N(C)C3=C2C(=O)CCC3)cc(I)c1OCC(=O)Nc1ccc(C)c(C)c1. The number of halogens is 1. The van der Waals surface area contributed by atoms with Gasteiger partial charge in [-0.2, -0.15) is 0 Å². The molecule has 1 aliphatic heterocycles. The molecule has 1 N–H and O–H groups in total. The minimum atomic E-state index is -0.420. The number of hydrogen-bond acceptors (Lipinski definition) is 6. The topological polar surface area (TPSA) is 84.9 Å². The van der Waals surface area contributed by atoms with E-state index in [1.807, 2.05) is 51.2 Å².